The molecule has 0 aromatic carbocycles. The van der Waals surface area contributed by atoms with Gasteiger partial charge in [0.1, 0.15) is 6.07 Å². The van der Waals surface area contributed by atoms with Gasteiger partial charge in [-0.3, -0.25) is 4.98 Å². The third kappa shape index (κ3) is 2.07. The molecule has 1 heterocycles. The molecule has 0 aliphatic heterocycles. The fourth-order valence-electron chi connectivity index (χ4n) is 1.01. The molecule has 0 spiro atoms. The van der Waals surface area contributed by atoms with Crippen LogP contribution in [0.1, 0.15) is 28.5 Å². The van der Waals surface area contributed by atoms with Gasteiger partial charge in [0, 0.05) is 6.20 Å². The van der Waals surface area contributed by atoms with E-state index >= 15 is 0 Å². The number of ether oxygens (including phenoxy) is 1. The van der Waals surface area contributed by atoms with E-state index < -0.39 is 5.97 Å². The van der Waals surface area contributed by atoms with Gasteiger partial charge in [0.2, 0.25) is 0 Å². The lowest BCUT2D eigenvalue weighted by molar-refractivity contribution is 0.0525. The zero-order chi connectivity index (χ0) is 10.6. The van der Waals surface area contributed by atoms with Gasteiger partial charge in [0.05, 0.1) is 23.4 Å². The summed E-state index contributed by atoms with van der Waals surface area (Å²) < 4.78 is 4.82. The van der Waals surface area contributed by atoms with Crippen molar-refractivity contribution in [2.45, 2.75) is 13.8 Å². The molecule has 72 valence electrons. The van der Waals surface area contributed by atoms with Crippen LogP contribution in [0.3, 0.4) is 0 Å². The van der Waals surface area contributed by atoms with E-state index in [-0.39, 0.29) is 0 Å². The number of aryl methyl sites for hydroxylation is 1. The molecular weight excluding hydrogens is 180 g/mol. The Morgan fingerprint density at radius 2 is 2.43 bits per heavy atom. The first-order chi connectivity index (χ1) is 6.69. The van der Waals surface area contributed by atoms with Gasteiger partial charge >= 0.3 is 5.97 Å². The number of pyridine rings is 1. The fraction of sp³-hybridized carbons (Fsp3) is 0.300. The molecule has 14 heavy (non-hydrogen) atoms. The van der Waals surface area contributed by atoms with E-state index in [9.17, 15) is 4.79 Å². The van der Waals surface area contributed by atoms with E-state index in [1.807, 2.05) is 6.07 Å². The first-order valence-corrected chi connectivity index (χ1v) is 4.23. The van der Waals surface area contributed by atoms with Crippen LogP contribution >= 0.6 is 0 Å². The molecule has 0 bridgehead atoms. The maximum atomic E-state index is 11.4. The van der Waals surface area contributed by atoms with Gasteiger partial charge in [-0.15, -0.1) is 0 Å². The molecule has 1 aromatic rings. The normalized spacial score (nSPS) is 9.21. The van der Waals surface area contributed by atoms with Crippen molar-refractivity contribution in [1.29, 1.82) is 5.26 Å². The highest BCUT2D eigenvalue weighted by molar-refractivity contribution is 5.90. The first-order valence-electron chi connectivity index (χ1n) is 4.23. The second kappa shape index (κ2) is 4.38. The van der Waals surface area contributed by atoms with Crippen molar-refractivity contribution in [2.24, 2.45) is 0 Å². The van der Waals surface area contributed by atoms with Crippen LogP contribution in [-0.2, 0) is 4.74 Å². The molecule has 0 amide bonds. The third-order valence-corrected chi connectivity index (χ3v) is 1.71. The smallest absolute Gasteiger partial charge is 0.340 e. The molecule has 0 aliphatic rings. The highest BCUT2D eigenvalue weighted by Gasteiger charge is 2.11. The molecule has 0 saturated carbocycles. The number of carbonyl (C=O) groups is 1. The van der Waals surface area contributed by atoms with Gasteiger partial charge < -0.3 is 4.74 Å². The summed E-state index contributed by atoms with van der Waals surface area (Å²) in [6.45, 7) is 3.75. The van der Waals surface area contributed by atoms with Gasteiger partial charge in [0.25, 0.3) is 0 Å². The molecule has 4 heteroatoms. The molecule has 1 rings (SSSR count). The lowest BCUT2D eigenvalue weighted by atomic mass is 10.1. The molecular formula is C10H10N2O2. The Hall–Kier alpha value is -1.89. The van der Waals surface area contributed by atoms with Gasteiger partial charge in [-0.25, -0.2) is 4.79 Å². The summed E-state index contributed by atoms with van der Waals surface area (Å²) in [6.07, 6.45) is 1.43. The minimum atomic E-state index is -0.436. The van der Waals surface area contributed by atoms with Crippen LogP contribution < -0.4 is 0 Å². The van der Waals surface area contributed by atoms with Crippen LogP contribution in [0.4, 0.5) is 0 Å². The topological polar surface area (TPSA) is 63.0 Å². The van der Waals surface area contributed by atoms with Crippen LogP contribution in [0.2, 0.25) is 0 Å². The van der Waals surface area contributed by atoms with E-state index in [2.05, 4.69) is 4.98 Å². The average molecular weight is 190 g/mol. The highest BCUT2D eigenvalue weighted by atomic mass is 16.5. The Balaban J connectivity index is 3.07. The summed E-state index contributed by atoms with van der Waals surface area (Å²) in [5.74, 6) is -0.436. The molecule has 4 nitrogen and oxygen atoms in total. The van der Waals surface area contributed by atoms with Crippen LogP contribution in [0.5, 0.6) is 0 Å². The molecule has 0 aliphatic carbocycles. The van der Waals surface area contributed by atoms with E-state index in [4.69, 9.17) is 10.00 Å². The number of esters is 1. The van der Waals surface area contributed by atoms with Crippen LogP contribution in [0.15, 0.2) is 12.3 Å². The van der Waals surface area contributed by atoms with Crippen molar-refractivity contribution in [3.05, 3.63) is 29.1 Å². The minimum absolute atomic E-state index is 0.315. The number of rotatable bonds is 2. The van der Waals surface area contributed by atoms with Crippen molar-refractivity contribution in [1.82, 2.24) is 4.98 Å². The Labute approximate surface area is 82.1 Å². The van der Waals surface area contributed by atoms with Crippen molar-refractivity contribution < 1.29 is 9.53 Å². The number of nitrogens with zero attached hydrogens (tertiary/aromatic N) is 2. The molecule has 1 aromatic heterocycles. The second-order valence-corrected chi connectivity index (χ2v) is 2.69. The summed E-state index contributed by atoms with van der Waals surface area (Å²) in [6, 6.07) is 3.41. The second-order valence-electron chi connectivity index (χ2n) is 2.69. The highest BCUT2D eigenvalue weighted by Crippen LogP contribution is 2.08. The van der Waals surface area contributed by atoms with Gasteiger partial charge in [-0.05, 0) is 19.9 Å². The SMILES string of the molecule is CCOC(=O)c1cc(C#N)cnc1C. The summed E-state index contributed by atoms with van der Waals surface area (Å²) in [5, 5.41) is 8.62. The maximum Gasteiger partial charge on any atom is 0.340 e. The first kappa shape index (κ1) is 10.2. The largest absolute Gasteiger partial charge is 0.462 e. The summed E-state index contributed by atoms with van der Waals surface area (Å²) >= 11 is 0. The van der Waals surface area contributed by atoms with Crippen LogP contribution in [-0.4, -0.2) is 17.6 Å². The lowest BCUT2D eigenvalue weighted by Crippen LogP contribution is -2.08. The molecule has 0 N–H and O–H groups in total. The van der Waals surface area contributed by atoms with Crippen molar-refractivity contribution in [2.75, 3.05) is 6.61 Å². The van der Waals surface area contributed by atoms with E-state index in [1.165, 1.54) is 12.3 Å². The summed E-state index contributed by atoms with van der Waals surface area (Å²) in [5.41, 5.74) is 1.28. The number of carbonyl (C=O) groups excluding carboxylic acids is 1. The van der Waals surface area contributed by atoms with Gasteiger partial charge in [-0.2, -0.15) is 5.26 Å². The van der Waals surface area contributed by atoms with E-state index in [0.29, 0.717) is 23.4 Å². The van der Waals surface area contributed by atoms with Crippen LogP contribution in [0, 0.1) is 18.3 Å². The van der Waals surface area contributed by atoms with Gasteiger partial charge in [-0.1, -0.05) is 0 Å². The fourth-order valence-corrected chi connectivity index (χ4v) is 1.01. The van der Waals surface area contributed by atoms with E-state index in [1.54, 1.807) is 13.8 Å². The molecule has 0 atom stereocenters. The molecule has 0 unspecified atom stereocenters. The third-order valence-electron chi connectivity index (χ3n) is 1.71. The molecule has 0 saturated heterocycles. The number of aromatic nitrogens is 1. The Morgan fingerprint density at radius 3 is 3.00 bits per heavy atom. The standard InChI is InChI=1S/C10H10N2O2/c1-3-14-10(13)9-4-8(5-11)6-12-7(9)2/h4,6H,3H2,1-2H3. The summed E-state index contributed by atoms with van der Waals surface area (Å²) in [4.78, 5) is 15.3. The maximum absolute atomic E-state index is 11.4. The van der Waals surface area contributed by atoms with Crippen molar-refractivity contribution in [3.8, 4) is 6.07 Å². The van der Waals surface area contributed by atoms with E-state index in [0.717, 1.165) is 0 Å². The lowest BCUT2D eigenvalue weighted by Gasteiger charge is -2.04. The van der Waals surface area contributed by atoms with Crippen LogP contribution in [0.25, 0.3) is 0 Å². The predicted octanol–water partition coefficient (Wildman–Crippen LogP) is 1.44. The summed E-state index contributed by atoms with van der Waals surface area (Å²) in [7, 11) is 0. The minimum Gasteiger partial charge on any atom is -0.462 e. The Bertz CT molecular complexity index is 394. The zero-order valence-electron chi connectivity index (χ0n) is 8.07. The van der Waals surface area contributed by atoms with Crippen molar-refractivity contribution in [3.63, 3.8) is 0 Å². The van der Waals surface area contributed by atoms with Gasteiger partial charge in [0.15, 0.2) is 0 Å². The number of hydrogen-bond donors (Lipinski definition) is 0. The number of nitriles is 1. The van der Waals surface area contributed by atoms with Crippen molar-refractivity contribution >= 4 is 5.97 Å². The predicted molar refractivity (Wildman–Crippen MR) is 49.6 cm³/mol. The molecule has 0 fully saturated rings. The Kier molecular flexibility index (Phi) is 3.19. The average Bonchev–Trinajstić information content (AvgIpc) is 2.19. The molecule has 0 radical (unpaired) electrons. The zero-order valence-corrected chi connectivity index (χ0v) is 8.07. The Morgan fingerprint density at radius 1 is 1.71 bits per heavy atom. The monoisotopic (exact) mass is 190 g/mol. The number of hydrogen-bond acceptors (Lipinski definition) is 4. The quantitative estimate of drug-likeness (QED) is 0.662.